The molecule has 27 heavy (non-hydrogen) atoms. The van der Waals surface area contributed by atoms with Gasteiger partial charge in [-0.15, -0.1) is 11.3 Å². The summed E-state index contributed by atoms with van der Waals surface area (Å²) in [4.78, 5) is 27.2. The highest BCUT2D eigenvalue weighted by atomic mass is 35.5. The Morgan fingerprint density at radius 2 is 1.96 bits per heavy atom. The van der Waals surface area contributed by atoms with Gasteiger partial charge < -0.3 is 19.8 Å². The highest BCUT2D eigenvalue weighted by molar-refractivity contribution is 7.14. The van der Waals surface area contributed by atoms with Crippen LogP contribution in [0.2, 0.25) is 5.02 Å². The van der Waals surface area contributed by atoms with Crippen LogP contribution in [0.25, 0.3) is 0 Å². The molecule has 1 aromatic carbocycles. The highest BCUT2D eigenvalue weighted by Gasteiger charge is 2.43. The SMILES string of the molecule is O=C(O)c1cc2c(s1)CCOC21CCN(C(=O)c2ccc(Cl)c(O)c2)CC1. The van der Waals surface area contributed by atoms with Gasteiger partial charge >= 0.3 is 5.97 Å². The number of thiophene rings is 1. The van der Waals surface area contributed by atoms with Gasteiger partial charge in [-0.25, -0.2) is 4.79 Å². The smallest absolute Gasteiger partial charge is 0.345 e. The first-order chi connectivity index (χ1) is 12.9. The van der Waals surface area contributed by atoms with Crippen LogP contribution in [0.3, 0.4) is 0 Å². The number of fused-ring (bicyclic) bond motifs is 2. The van der Waals surface area contributed by atoms with Gasteiger partial charge in [-0.3, -0.25) is 4.79 Å². The van der Waals surface area contributed by atoms with E-state index in [0.29, 0.717) is 43.0 Å². The molecule has 2 aliphatic heterocycles. The van der Waals surface area contributed by atoms with Crippen LogP contribution < -0.4 is 0 Å². The van der Waals surface area contributed by atoms with Gasteiger partial charge in [-0.2, -0.15) is 0 Å². The summed E-state index contributed by atoms with van der Waals surface area (Å²) in [6.07, 6.45) is 1.95. The van der Waals surface area contributed by atoms with Crippen LogP contribution in [0.1, 0.15) is 43.3 Å². The van der Waals surface area contributed by atoms with Gasteiger partial charge in [0.05, 0.1) is 17.2 Å². The number of phenolic OH excluding ortho intramolecular Hbond substituents is 1. The molecule has 0 aliphatic carbocycles. The van der Waals surface area contributed by atoms with Crippen molar-refractivity contribution in [1.82, 2.24) is 4.90 Å². The number of aromatic hydroxyl groups is 1. The Morgan fingerprint density at radius 1 is 1.22 bits per heavy atom. The van der Waals surface area contributed by atoms with Crippen molar-refractivity contribution >= 4 is 34.8 Å². The van der Waals surface area contributed by atoms with E-state index in [-0.39, 0.29) is 16.7 Å². The molecule has 0 bridgehead atoms. The molecule has 2 aromatic rings. The van der Waals surface area contributed by atoms with Gasteiger partial charge in [-0.1, -0.05) is 11.6 Å². The molecular formula is C19H18ClNO5S. The number of hydrogen-bond donors (Lipinski definition) is 2. The van der Waals surface area contributed by atoms with Crippen LogP contribution in [0, 0.1) is 0 Å². The maximum Gasteiger partial charge on any atom is 0.345 e. The van der Waals surface area contributed by atoms with E-state index in [4.69, 9.17) is 16.3 Å². The largest absolute Gasteiger partial charge is 0.506 e. The lowest BCUT2D eigenvalue weighted by Gasteiger charge is -2.44. The fraction of sp³-hybridized carbons (Fsp3) is 0.368. The van der Waals surface area contributed by atoms with Gasteiger partial charge in [0.15, 0.2) is 0 Å². The van der Waals surface area contributed by atoms with Crippen molar-refractivity contribution in [3.05, 3.63) is 50.2 Å². The predicted molar refractivity (Wildman–Crippen MR) is 101 cm³/mol. The van der Waals surface area contributed by atoms with Crippen molar-refractivity contribution < 1.29 is 24.5 Å². The van der Waals surface area contributed by atoms with Crippen LogP contribution in [0.5, 0.6) is 5.75 Å². The van der Waals surface area contributed by atoms with E-state index < -0.39 is 11.6 Å². The van der Waals surface area contributed by atoms with Gasteiger partial charge in [0, 0.05) is 30.0 Å². The lowest BCUT2D eigenvalue weighted by Crippen LogP contribution is -2.48. The summed E-state index contributed by atoms with van der Waals surface area (Å²) in [6, 6.07) is 6.21. The van der Waals surface area contributed by atoms with E-state index in [1.54, 1.807) is 17.0 Å². The van der Waals surface area contributed by atoms with Crippen LogP contribution in [-0.2, 0) is 16.8 Å². The second kappa shape index (κ2) is 6.82. The number of likely N-dealkylation sites (tertiary alicyclic amines) is 1. The van der Waals surface area contributed by atoms with Crippen molar-refractivity contribution in [2.75, 3.05) is 19.7 Å². The monoisotopic (exact) mass is 407 g/mol. The standard InChI is InChI=1S/C19H18ClNO5S/c20-13-2-1-11(9-14(13)22)17(23)21-6-4-19(5-7-21)12-10-16(18(24)25)27-15(12)3-8-26-19/h1-2,9-10,22H,3-8H2,(H,24,25). The number of aromatic carboxylic acids is 1. The topological polar surface area (TPSA) is 87.1 Å². The summed E-state index contributed by atoms with van der Waals surface area (Å²) in [6.45, 7) is 1.56. The Labute approximate surface area is 164 Å². The summed E-state index contributed by atoms with van der Waals surface area (Å²) in [5, 5.41) is 19.2. The van der Waals surface area contributed by atoms with Gasteiger partial charge in [-0.05, 0) is 42.7 Å². The number of hydrogen-bond acceptors (Lipinski definition) is 5. The van der Waals surface area contributed by atoms with Crippen molar-refractivity contribution in [2.24, 2.45) is 0 Å². The van der Waals surface area contributed by atoms with Crippen molar-refractivity contribution in [2.45, 2.75) is 24.9 Å². The molecule has 1 fully saturated rings. The summed E-state index contributed by atoms with van der Waals surface area (Å²) < 4.78 is 6.11. The predicted octanol–water partition coefficient (Wildman–Crippen LogP) is 3.51. The zero-order valence-corrected chi connectivity index (χ0v) is 16.0. The van der Waals surface area contributed by atoms with E-state index in [9.17, 15) is 19.8 Å². The molecule has 8 heteroatoms. The quantitative estimate of drug-likeness (QED) is 0.795. The Balaban J connectivity index is 1.53. The Bertz CT molecular complexity index is 917. The number of amides is 1. The third-order valence-electron chi connectivity index (χ3n) is 5.27. The number of nitrogens with zero attached hydrogens (tertiary/aromatic N) is 1. The summed E-state index contributed by atoms with van der Waals surface area (Å²) >= 11 is 7.13. The average Bonchev–Trinajstić information content (AvgIpc) is 3.11. The Kier molecular flexibility index (Phi) is 4.61. The molecule has 0 atom stereocenters. The number of carboxylic acids is 1. The molecule has 0 radical (unpaired) electrons. The molecule has 4 rings (SSSR count). The van der Waals surface area contributed by atoms with Gasteiger partial charge in [0.2, 0.25) is 0 Å². The molecule has 2 aliphatic rings. The van der Waals surface area contributed by atoms with E-state index in [0.717, 1.165) is 16.9 Å². The molecule has 2 N–H and O–H groups in total. The first-order valence-corrected chi connectivity index (χ1v) is 9.87. The minimum absolute atomic E-state index is 0.115. The Hall–Kier alpha value is -2.09. The number of piperidine rings is 1. The van der Waals surface area contributed by atoms with Crippen LogP contribution >= 0.6 is 22.9 Å². The highest BCUT2D eigenvalue weighted by Crippen LogP contribution is 2.44. The molecule has 1 amide bonds. The lowest BCUT2D eigenvalue weighted by molar-refractivity contribution is -0.0926. The minimum Gasteiger partial charge on any atom is -0.506 e. The molecule has 1 spiro atoms. The van der Waals surface area contributed by atoms with Crippen LogP contribution in [0.4, 0.5) is 0 Å². The van der Waals surface area contributed by atoms with Gasteiger partial charge in [0.1, 0.15) is 10.6 Å². The fourth-order valence-corrected chi connectivity index (χ4v) is 5.02. The van der Waals surface area contributed by atoms with E-state index >= 15 is 0 Å². The van der Waals surface area contributed by atoms with E-state index in [1.165, 1.54) is 23.5 Å². The summed E-state index contributed by atoms with van der Waals surface area (Å²) in [5.74, 6) is -1.19. The molecule has 0 unspecified atom stereocenters. The number of rotatable bonds is 2. The fourth-order valence-electron chi connectivity index (χ4n) is 3.84. The molecule has 0 saturated carbocycles. The number of benzene rings is 1. The molecular weight excluding hydrogens is 390 g/mol. The summed E-state index contributed by atoms with van der Waals surface area (Å²) in [7, 11) is 0. The molecule has 142 valence electrons. The second-order valence-electron chi connectivity index (χ2n) is 6.80. The molecule has 6 nitrogen and oxygen atoms in total. The van der Waals surface area contributed by atoms with Crippen molar-refractivity contribution in [3.63, 3.8) is 0 Å². The molecule has 1 aromatic heterocycles. The number of halogens is 1. The maximum atomic E-state index is 12.7. The molecule has 1 saturated heterocycles. The normalized spacial score (nSPS) is 18.3. The zero-order chi connectivity index (χ0) is 19.2. The Morgan fingerprint density at radius 3 is 2.63 bits per heavy atom. The average molecular weight is 408 g/mol. The third kappa shape index (κ3) is 3.20. The number of carbonyl (C=O) groups excluding carboxylic acids is 1. The minimum atomic E-state index is -0.917. The molecule has 3 heterocycles. The maximum absolute atomic E-state index is 12.7. The summed E-state index contributed by atoms with van der Waals surface area (Å²) in [5.41, 5.74) is 0.839. The number of ether oxygens (including phenoxy) is 1. The third-order valence-corrected chi connectivity index (χ3v) is 6.77. The number of carboxylic acid groups (broad SMARTS) is 1. The second-order valence-corrected chi connectivity index (χ2v) is 8.35. The van der Waals surface area contributed by atoms with E-state index in [1.807, 2.05) is 0 Å². The number of phenols is 1. The number of carbonyl (C=O) groups is 2. The zero-order valence-electron chi connectivity index (χ0n) is 14.4. The van der Waals surface area contributed by atoms with Crippen LogP contribution in [-0.4, -0.2) is 46.7 Å². The van der Waals surface area contributed by atoms with Crippen molar-refractivity contribution in [1.29, 1.82) is 0 Å². The first kappa shape index (κ1) is 18.3. The lowest BCUT2D eigenvalue weighted by atomic mass is 9.82. The first-order valence-electron chi connectivity index (χ1n) is 8.68. The van der Waals surface area contributed by atoms with Gasteiger partial charge in [0.25, 0.3) is 5.91 Å². The van der Waals surface area contributed by atoms with E-state index in [2.05, 4.69) is 0 Å². The van der Waals surface area contributed by atoms with Crippen molar-refractivity contribution in [3.8, 4) is 5.75 Å². The van der Waals surface area contributed by atoms with Crippen LogP contribution in [0.15, 0.2) is 24.3 Å².